The van der Waals surface area contributed by atoms with Crippen LogP contribution in [-0.4, -0.2) is 31.8 Å². The highest BCUT2D eigenvalue weighted by Gasteiger charge is 2.20. The Hall–Kier alpha value is -2.69. The van der Waals surface area contributed by atoms with Crippen molar-refractivity contribution in [2.75, 3.05) is 13.7 Å². The van der Waals surface area contributed by atoms with Gasteiger partial charge in [-0.1, -0.05) is 31.2 Å². The molecule has 5 heteroatoms. The largest absolute Gasteiger partial charge is 0.497 e. The lowest BCUT2D eigenvalue weighted by Crippen LogP contribution is -2.44. The molecule has 0 aliphatic carbocycles. The number of aryl methyl sites for hydroxylation is 1. The van der Waals surface area contributed by atoms with Crippen LogP contribution in [-0.2, 0) is 4.79 Å². The minimum atomic E-state index is -0.567. The number of carbonyl (C=O) groups excluding carboxylic acids is 1. The van der Waals surface area contributed by atoms with E-state index in [1.165, 1.54) is 0 Å². The lowest BCUT2D eigenvalue weighted by atomic mass is 10.2. The molecule has 0 fully saturated rings. The molecule has 5 nitrogen and oxygen atoms in total. The normalized spacial score (nSPS) is 12.8. The number of ether oxygens (including phenoxy) is 3. The first-order valence-electron chi connectivity index (χ1n) is 8.83. The quantitative estimate of drug-likeness (QED) is 0.743. The van der Waals surface area contributed by atoms with Gasteiger partial charge in [-0.05, 0) is 44.0 Å². The van der Waals surface area contributed by atoms with Crippen molar-refractivity contribution < 1.29 is 19.0 Å². The average Bonchev–Trinajstić information content (AvgIpc) is 2.65. The summed E-state index contributed by atoms with van der Waals surface area (Å²) in [5, 5.41) is 2.95. The van der Waals surface area contributed by atoms with Crippen LogP contribution >= 0.6 is 0 Å². The Kier molecular flexibility index (Phi) is 7.33. The molecule has 2 unspecified atom stereocenters. The molecule has 0 aliphatic rings. The third kappa shape index (κ3) is 5.69. The maximum absolute atomic E-state index is 12.5. The molecule has 0 saturated heterocycles. The van der Waals surface area contributed by atoms with Crippen molar-refractivity contribution in [3.63, 3.8) is 0 Å². The summed E-state index contributed by atoms with van der Waals surface area (Å²) in [5.41, 5.74) is 1.07. The molecule has 0 radical (unpaired) electrons. The molecule has 2 atom stereocenters. The molecule has 0 bridgehead atoms. The highest BCUT2D eigenvalue weighted by molar-refractivity contribution is 5.81. The van der Waals surface area contributed by atoms with Crippen molar-refractivity contribution in [3.8, 4) is 17.2 Å². The van der Waals surface area contributed by atoms with Gasteiger partial charge in [-0.3, -0.25) is 4.79 Å². The van der Waals surface area contributed by atoms with Gasteiger partial charge >= 0.3 is 0 Å². The van der Waals surface area contributed by atoms with Crippen LogP contribution in [0, 0.1) is 6.92 Å². The zero-order chi connectivity index (χ0) is 18.9. The average molecular weight is 357 g/mol. The number of benzene rings is 2. The zero-order valence-electron chi connectivity index (χ0n) is 15.8. The monoisotopic (exact) mass is 357 g/mol. The molecule has 0 aliphatic heterocycles. The number of rotatable bonds is 9. The molecule has 2 aromatic carbocycles. The van der Waals surface area contributed by atoms with Gasteiger partial charge in [-0.2, -0.15) is 0 Å². The fraction of sp³-hybridized carbons (Fsp3) is 0.381. The van der Waals surface area contributed by atoms with Crippen LogP contribution < -0.4 is 19.5 Å². The molecule has 0 saturated carbocycles. The second kappa shape index (κ2) is 9.70. The van der Waals surface area contributed by atoms with E-state index in [2.05, 4.69) is 5.32 Å². The number of methoxy groups -OCH3 is 1. The molecule has 2 rings (SSSR count). The second-order valence-corrected chi connectivity index (χ2v) is 6.18. The van der Waals surface area contributed by atoms with Crippen molar-refractivity contribution in [1.29, 1.82) is 0 Å². The number of amides is 1. The summed E-state index contributed by atoms with van der Waals surface area (Å²) < 4.78 is 16.8. The van der Waals surface area contributed by atoms with Crippen LogP contribution in [0.15, 0.2) is 48.5 Å². The smallest absolute Gasteiger partial charge is 0.261 e. The summed E-state index contributed by atoms with van der Waals surface area (Å²) in [5.74, 6) is 1.97. The lowest BCUT2D eigenvalue weighted by Gasteiger charge is -2.21. The van der Waals surface area contributed by atoms with Gasteiger partial charge < -0.3 is 19.5 Å². The summed E-state index contributed by atoms with van der Waals surface area (Å²) >= 11 is 0. The molecule has 1 N–H and O–H groups in total. The van der Waals surface area contributed by atoms with Gasteiger partial charge in [0.05, 0.1) is 13.2 Å². The van der Waals surface area contributed by atoms with Crippen LogP contribution in [0.2, 0.25) is 0 Å². The standard InChI is InChI=1S/C21H27NO4/c1-5-19(26-18-11-8-10-17(13-18)24-4)21(23)22-16(3)14-25-20-12-7-6-9-15(20)2/h6-13,16,19H,5,14H2,1-4H3,(H,22,23). The highest BCUT2D eigenvalue weighted by Crippen LogP contribution is 2.21. The Morgan fingerprint density at radius 1 is 1.12 bits per heavy atom. The molecular weight excluding hydrogens is 330 g/mol. The molecule has 2 aromatic rings. The lowest BCUT2D eigenvalue weighted by molar-refractivity contribution is -0.128. The second-order valence-electron chi connectivity index (χ2n) is 6.18. The maximum Gasteiger partial charge on any atom is 0.261 e. The summed E-state index contributed by atoms with van der Waals surface area (Å²) in [6.07, 6.45) is -0.00275. The van der Waals surface area contributed by atoms with E-state index in [0.717, 1.165) is 11.3 Å². The molecule has 0 heterocycles. The number of hydrogen-bond acceptors (Lipinski definition) is 4. The summed E-state index contributed by atoms with van der Waals surface area (Å²) in [7, 11) is 1.60. The van der Waals surface area contributed by atoms with Gasteiger partial charge in [0.2, 0.25) is 0 Å². The predicted molar refractivity (Wildman–Crippen MR) is 102 cm³/mol. The fourth-order valence-electron chi connectivity index (χ4n) is 2.47. The Morgan fingerprint density at radius 2 is 1.85 bits per heavy atom. The number of carbonyl (C=O) groups is 1. The fourth-order valence-corrected chi connectivity index (χ4v) is 2.47. The minimum absolute atomic E-state index is 0.134. The van der Waals surface area contributed by atoms with E-state index in [1.54, 1.807) is 13.2 Å². The van der Waals surface area contributed by atoms with Crippen molar-refractivity contribution in [2.24, 2.45) is 0 Å². The van der Waals surface area contributed by atoms with Crippen LogP contribution in [0.3, 0.4) is 0 Å². The van der Waals surface area contributed by atoms with E-state index >= 15 is 0 Å². The van der Waals surface area contributed by atoms with E-state index in [-0.39, 0.29) is 11.9 Å². The molecule has 0 aromatic heterocycles. The van der Waals surface area contributed by atoms with Crippen molar-refractivity contribution in [3.05, 3.63) is 54.1 Å². The van der Waals surface area contributed by atoms with Gasteiger partial charge in [0.1, 0.15) is 23.9 Å². The molecular formula is C21H27NO4. The first-order chi connectivity index (χ1) is 12.5. The van der Waals surface area contributed by atoms with Gasteiger partial charge in [0.15, 0.2) is 6.10 Å². The van der Waals surface area contributed by atoms with Crippen LogP contribution in [0.4, 0.5) is 0 Å². The van der Waals surface area contributed by atoms with E-state index in [0.29, 0.717) is 24.5 Å². The van der Waals surface area contributed by atoms with Gasteiger partial charge in [0, 0.05) is 6.07 Å². The third-order valence-corrected chi connectivity index (χ3v) is 3.95. The Balaban J connectivity index is 1.88. The minimum Gasteiger partial charge on any atom is -0.497 e. The third-order valence-electron chi connectivity index (χ3n) is 3.95. The van der Waals surface area contributed by atoms with Gasteiger partial charge in [-0.15, -0.1) is 0 Å². The van der Waals surface area contributed by atoms with E-state index < -0.39 is 6.10 Å². The molecule has 140 valence electrons. The van der Waals surface area contributed by atoms with E-state index in [4.69, 9.17) is 14.2 Å². The Bertz CT molecular complexity index is 717. The van der Waals surface area contributed by atoms with Crippen LogP contribution in [0.1, 0.15) is 25.8 Å². The Labute approximate surface area is 155 Å². The summed E-state index contributed by atoms with van der Waals surface area (Å²) in [6, 6.07) is 14.9. The summed E-state index contributed by atoms with van der Waals surface area (Å²) in [6.45, 7) is 6.22. The first-order valence-corrected chi connectivity index (χ1v) is 8.83. The number of hydrogen-bond donors (Lipinski definition) is 1. The molecule has 26 heavy (non-hydrogen) atoms. The van der Waals surface area contributed by atoms with Crippen molar-refractivity contribution in [1.82, 2.24) is 5.32 Å². The topological polar surface area (TPSA) is 56.8 Å². The van der Waals surface area contributed by atoms with E-state index in [1.807, 2.05) is 63.2 Å². The van der Waals surface area contributed by atoms with Gasteiger partial charge in [-0.25, -0.2) is 0 Å². The molecule has 1 amide bonds. The zero-order valence-corrected chi connectivity index (χ0v) is 15.8. The van der Waals surface area contributed by atoms with Crippen LogP contribution in [0.25, 0.3) is 0 Å². The predicted octanol–water partition coefficient (Wildman–Crippen LogP) is 3.74. The summed E-state index contributed by atoms with van der Waals surface area (Å²) in [4.78, 5) is 12.5. The number of para-hydroxylation sites is 1. The maximum atomic E-state index is 12.5. The van der Waals surface area contributed by atoms with Crippen molar-refractivity contribution in [2.45, 2.75) is 39.3 Å². The van der Waals surface area contributed by atoms with E-state index in [9.17, 15) is 4.79 Å². The van der Waals surface area contributed by atoms with Crippen LogP contribution in [0.5, 0.6) is 17.2 Å². The molecule has 0 spiro atoms. The SMILES string of the molecule is CCC(Oc1cccc(OC)c1)C(=O)NC(C)COc1ccccc1C. The highest BCUT2D eigenvalue weighted by atomic mass is 16.5. The Morgan fingerprint density at radius 3 is 2.54 bits per heavy atom. The number of nitrogens with one attached hydrogen (secondary N) is 1. The van der Waals surface area contributed by atoms with Crippen molar-refractivity contribution >= 4 is 5.91 Å². The first kappa shape index (κ1) is 19.6. The van der Waals surface area contributed by atoms with Gasteiger partial charge in [0.25, 0.3) is 5.91 Å².